The van der Waals surface area contributed by atoms with Gasteiger partial charge in [-0.3, -0.25) is 9.58 Å². The molecule has 1 aromatic carbocycles. The number of hydrogen-bond donors (Lipinski definition) is 1. The van der Waals surface area contributed by atoms with E-state index in [1.54, 1.807) is 10.9 Å². The maximum absolute atomic E-state index is 10.1. The SMILES string of the molecule is O[C@H](CN1CCc2ccccc2C1)Cn1cccn1. The number of aliphatic hydroxyl groups is 1. The number of rotatable bonds is 4. The van der Waals surface area contributed by atoms with Gasteiger partial charge in [-0.05, 0) is 23.6 Å². The third-order valence-electron chi connectivity index (χ3n) is 3.64. The summed E-state index contributed by atoms with van der Waals surface area (Å²) in [7, 11) is 0. The Kier molecular flexibility index (Phi) is 3.62. The van der Waals surface area contributed by atoms with Gasteiger partial charge in [-0.15, -0.1) is 0 Å². The lowest BCUT2D eigenvalue weighted by Gasteiger charge is -2.30. The van der Waals surface area contributed by atoms with Crippen molar-refractivity contribution in [2.45, 2.75) is 25.6 Å². The van der Waals surface area contributed by atoms with Crippen molar-refractivity contribution in [3.63, 3.8) is 0 Å². The first-order valence-electron chi connectivity index (χ1n) is 6.76. The van der Waals surface area contributed by atoms with Crippen LogP contribution in [0.15, 0.2) is 42.7 Å². The van der Waals surface area contributed by atoms with Gasteiger partial charge in [-0.1, -0.05) is 24.3 Å². The summed E-state index contributed by atoms with van der Waals surface area (Å²) < 4.78 is 1.78. The Balaban J connectivity index is 1.57. The van der Waals surface area contributed by atoms with Crippen LogP contribution in [-0.2, 0) is 19.5 Å². The second-order valence-corrected chi connectivity index (χ2v) is 5.14. The zero-order chi connectivity index (χ0) is 13.1. The van der Waals surface area contributed by atoms with Crippen molar-refractivity contribution >= 4 is 0 Å². The first-order valence-corrected chi connectivity index (χ1v) is 6.76. The number of hydrogen-bond acceptors (Lipinski definition) is 3. The molecule has 2 aromatic rings. The van der Waals surface area contributed by atoms with Crippen LogP contribution in [0.1, 0.15) is 11.1 Å². The molecular formula is C15H19N3O. The van der Waals surface area contributed by atoms with Gasteiger partial charge in [0.1, 0.15) is 0 Å². The topological polar surface area (TPSA) is 41.3 Å². The lowest BCUT2D eigenvalue weighted by molar-refractivity contribution is 0.0889. The molecule has 0 bridgehead atoms. The number of aliphatic hydroxyl groups excluding tert-OH is 1. The van der Waals surface area contributed by atoms with Gasteiger partial charge in [-0.2, -0.15) is 5.10 Å². The fourth-order valence-electron chi connectivity index (χ4n) is 2.69. The summed E-state index contributed by atoms with van der Waals surface area (Å²) in [6.45, 7) is 3.22. The van der Waals surface area contributed by atoms with Gasteiger partial charge in [0.2, 0.25) is 0 Å². The van der Waals surface area contributed by atoms with Gasteiger partial charge in [0.15, 0.2) is 0 Å². The molecule has 1 aliphatic heterocycles. The van der Waals surface area contributed by atoms with E-state index < -0.39 is 0 Å². The second-order valence-electron chi connectivity index (χ2n) is 5.14. The quantitative estimate of drug-likeness (QED) is 0.897. The zero-order valence-corrected chi connectivity index (χ0v) is 10.9. The van der Waals surface area contributed by atoms with Crippen LogP contribution in [0.5, 0.6) is 0 Å². The van der Waals surface area contributed by atoms with Gasteiger partial charge in [0, 0.05) is 32.0 Å². The molecule has 1 N–H and O–H groups in total. The highest BCUT2D eigenvalue weighted by molar-refractivity contribution is 5.29. The number of fused-ring (bicyclic) bond motifs is 1. The Hall–Kier alpha value is -1.65. The molecule has 0 unspecified atom stereocenters. The minimum Gasteiger partial charge on any atom is -0.390 e. The van der Waals surface area contributed by atoms with Gasteiger partial charge >= 0.3 is 0 Å². The third-order valence-corrected chi connectivity index (χ3v) is 3.64. The summed E-state index contributed by atoms with van der Waals surface area (Å²) in [5.41, 5.74) is 2.83. The molecule has 0 spiro atoms. The fraction of sp³-hybridized carbons (Fsp3) is 0.400. The Morgan fingerprint density at radius 3 is 2.79 bits per heavy atom. The van der Waals surface area contributed by atoms with Crippen molar-refractivity contribution in [2.75, 3.05) is 13.1 Å². The summed E-state index contributed by atoms with van der Waals surface area (Å²) in [6.07, 6.45) is 4.33. The summed E-state index contributed by atoms with van der Waals surface area (Å²) >= 11 is 0. The first-order chi connectivity index (χ1) is 9.31. The standard InChI is InChI=1S/C15H19N3O/c19-15(12-18-8-3-7-16-18)11-17-9-6-13-4-1-2-5-14(13)10-17/h1-5,7-8,15,19H,6,9-12H2/t15-/m1/s1. The molecule has 4 nitrogen and oxygen atoms in total. The molecule has 3 rings (SSSR count). The molecule has 2 heterocycles. The van der Waals surface area contributed by atoms with Crippen molar-refractivity contribution in [1.29, 1.82) is 0 Å². The van der Waals surface area contributed by atoms with Crippen LogP contribution < -0.4 is 0 Å². The van der Waals surface area contributed by atoms with E-state index in [4.69, 9.17) is 0 Å². The molecule has 4 heteroatoms. The number of aromatic nitrogens is 2. The van der Waals surface area contributed by atoms with E-state index in [9.17, 15) is 5.11 Å². The van der Waals surface area contributed by atoms with Crippen molar-refractivity contribution in [3.8, 4) is 0 Å². The summed E-state index contributed by atoms with van der Waals surface area (Å²) in [6, 6.07) is 10.4. The second kappa shape index (κ2) is 5.55. The summed E-state index contributed by atoms with van der Waals surface area (Å²) in [4.78, 5) is 2.32. The Morgan fingerprint density at radius 1 is 1.16 bits per heavy atom. The monoisotopic (exact) mass is 257 g/mol. The largest absolute Gasteiger partial charge is 0.390 e. The van der Waals surface area contributed by atoms with E-state index in [2.05, 4.69) is 34.3 Å². The summed E-state index contributed by atoms with van der Waals surface area (Å²) in [5.74, 6) is 0. The Labute approximate surface area is 113 Å². The van der Waals surface area contributed by atoms with Crippen molar-refractivity contribution < 1.29 is 5.11 Å². The average Bonchev–Trinajstić information content (AvgIpc) is 2.91. The lowest BCUT2D eigenvalue weighted by atomic mass is 10.00. The van der Waals surface area contributed by atoms with E-state index in [0.29, 0.717) is 13.1 Å². The zero-order valence-electron chi connectivity index (χ0n) is 10.9. The Bertz CT molecular complexity index is 524. The molecule has 0 aliphatic carbocycles. The Morgan fingerprint density at radius 2 is 2.00 bits per heavy atom. The number of benzene rings is 1. The maximum atomic E-state index is 10.1. The third kappa shape index (κ3) is 3.03. The smallest absolute Gasteiger partial charge is 0.0862 e. The predicted octanol–water partition coefficient (Wildman–Crippen LogP) is 1.30. The fourth-order valence-corrected chi connectivity index (χ4v) is 2.69. The van der Waals surface area contributed by atoms with E-state index in [1.165, 1.54) is 11.1 Å². The molecule has 1 atom stereocenters. The van der Waals surface area contributed by atoms with Crippen molar-refractivity contribution in [2.24, 2.45) is 0 Å². The van der Waals surface area contributed by atoms with E-state index >= 15 is 0 Å². The van der Waals surface area contributed by atoms with E-state index in [1.807, 2.05) is 12.3 Å². The van der Waals surface area contributed by atoms with Crippen LogP contribution in [0.3, 0.4) is 0 Å². The molecule has 0 saturated heterocycles. The van der Waals surface area contributed by atoms with E-state index in [-0.39, 0.29) is 6.10 Å². The molecular weight excluding hydrogens is 238 g/mol. The van der Waals surface area contributed by atoms with Crippen LogP contribution in [0.25, 0.3) is 0 Å². The number of nitrogens with zero attached hydrogens (tertiary/aromatic N) is 3. The minimum absolute atomic E-state index is 0.370. The lowest BCUT2D eigenvalue weighted by Crippen LogP contribution is -2.38. The highest BCUT2D eigenvalue weighted by atomic mass is 16.3. The molecule has 0 saturated carbocycles. The normalized spacial score (nSPS) is 17.1. The van der Waals surface area contributed by atoms with Gasteiger partial charge in [0.05, 0.1) is 12.6 Å². The van der Waals surface area contributed by atoms with Crippen LogP contribution in [-0.4, -0.2) is 39.0 Å². The van der Waals surface area contributed by atoms with Gasteiger partial charge in [-0.25, -0.2) is 0 Å². The van der Waals surface area contributed by atoms with Gasteiger partial charge < -0.3 is 5.11 Å². The summed E-state index contributed by atoms with van der Waals surface area (Å²) in [5, 5.41) is 14.2. The van der Waals surface area contributed by atoms with Crippen LogP contribution in [0, 0.1) is 0 Å². The molecule has 1 aliphatic rings. The highest BCUT2D eigenvalue weighted by Crippen LogP contribution is 2.18. The number of β-amino-alcohol motifs (C(OH)–C–C–N with tert-alkyl or cyclic N) is 1. The van der Waals surface area contributed by atoms with Gasteiger partial charge in [0.25, 0.3) is 0 Å². The maximum Gasteiger partial charge on any atom is 0.0862 e. The molecule has 1 aromatic heterocycles. The molecule has 0 amide bonds. The molecule has 0 fully saturated rings. The predicted molar refractivity (Wildman–Crippen MR) is 73.7 cm³/mol. The van der Waals surface area contributed by atoms with E-state index in [0.717, 1.165) is 19.5 Å². The van der Waals surface area contributed by atoms with Crippen molar-refractivity contribution in [1.82, 2.24) is 14.7 Å². The van der Waals surface area contributed by atoms with Crippen LogP contribution >= 0.6 is 0 Å². The molecule has 19 heavy (non-hydrogen) atoms. The molecule has 100 valence electrons. The van der Waals surface area contributed by atoms with Crippen LogP contribution in [0.4, 0.5) is 0 Å². The van der Waals surface area contributed by atoms with Crippen LogP contribution in [0.2, 0.25) is 0 Å². The highest BCUT2D eigenvalue weighted by Gasteiger charge is 2.18. The minimum atomic E-state index is -0.370. The first kappa shape index (κ1) is 12.4. The van der Waals surface area contributed by atoms with Crippen molar-refractivity contribution in [3.05, 3.63) is 53.9 Å². The average molecular weight is 257 g/mol. The molecule has 0 radical (unpaired) electrons.